The zero-order chi connectivity index (χ0) is 25.7. The van der Waals surface area contributed by atoms with Gasteiger partial charge in [0.2, 0.25) is 5.88 Å². The number of rotatable bonds is 7. The van der Waals surface area contributed by atoms with E-state index in [-0.39, 0.29) is 0 Å². The van der Waals surface area contributed by atoms with Gasteiger partial charge < -0.3 is 14.1 Å². The van der Waals surface area contributed by atoms with Crippen LogP contribution in [0.4, 0.5) is 17.3 Å². The topological polar surface area (TPSA) is 93.7 Å². The molecule has 4 rings (SSSR count). The Hall–Kier alpha value is -4.72. The van der Waals surface area contributed by atoms with E-state index in [4.69, 9.17) is 14.1 Å². The first-order valence-electron chi connectivity index (χ1n) is 11.3. The lowest BCUT2D eigenvalue weighted by molar-refractivity contribution is -0.141. The Morgan fingerprint density at radius 3 is 1.86 bits per heavy atom. The van der Waals surface area contributed by atoms with Crippen LogP contribution in [0.5, 0.6) is 0 Å². The second kappa shape index (κ2) is 10.7. The molecule has 0 bridgehead atoms. The van der Waals surface area contributed by atoms with Gasteiger partial charge in [-0.05, 0) is 49.7 Å². The number of fused-ring (bicyclic) bond motifs is 1. The van der Waals surface area contributed by atoms with Crippen LogP contribution in [0.2, 0.25) is 0 Å². The average Bonchev–Trinajstić information content (AvgIpc) is 3.29. The van der Waals surface area contributed by atoms with E-state index in [1.165, 1.54) is 13.8 Å². The zero-order valence-corrected chi connectivity index (χ0v) is 20.4. The number of nitrogens with zero attached hydrogens (tertiary/aromatic N) is 3. The van der Waals surface area contributed by atoms with E-state index in [9.17, 15) is 9.59 Å². The fourth-order valence-electron chi connectivity index (χ4n) is 3.56. The number of hydrogen-bond acceptors (Lipinski definition) is 8. The van der Waals surface area contributed by atoms with E-state index >= 15 is 0 Å². The molecule has 8 heteroatoms. The van der Waals surface area contributed by atoms with Gasteiger partial charge in [0, 0.05) is 42.2 Å². The third-order valence-electron chi connectivity index (χ3n) is 5.33. The van der Waals surface area contributed by atoms with Crippen molar-refractivity contribution in [2.75, 3.05) is 4.90 Å². The van der Waals surface area contributed by atoms with Gasteiger partial charge in [-0.15, -0.1) is 0 Å². The summed E-state index contributed by atoms with van der Waals surface area (Å²) in [6.45, 7) is 6.15. The lowest BCUT2D eigenvalue weighted by Gasteiger charge is -2.22. The maximum atomic E-state index is 11.1. The number of carbonyl (C=O) groups excluding carboxylic acids is 2. The van der Waals surface area contributed by atoms with Crippen molar-refractivity contribution in [3.63, 3.8) is 0 Å². The van der Waals surface area contributed by atoms with Crippen molar-refractivity contribution in [1.29, 1.82) is 0 Å². The monoisotopic (exact) mass is 483 g/mol. The molecule has 0 saturated carbocycles. The summed E-state index contributed by atoms with van der Waals surface area (Å²) >= 11 is 0. The van der Waals surface area contributed by atoms with Crippen LogP contribution in [0.1, 0.15) is 38.8 Å². The molecule has 1 aromatic heterocycles. The molecule has 0 amide bonds. The lowest BCUT2D eigenvalue weighted by atomic mass is 10.1. The van der Waals surface area contributed by atoms with Gasteiger partial charge in [-0.2, -0.15) is 0 Å². The highest BCUT2D eigenvalue weighted by atomic mass is 16.7. The second-order valence-electron chi connectivity index (χ2n) is 8.07. The Morgan fingerprint density at radius 1 is 0.694 bits per heavy atom. The minimum atomic E-state index is -0.479. The van der Waals surface area contributed by atoms with Gasteiger partial charge in [-0.3, -0.25) is 4.90 Å². The summed E-state index contributed by atoms with van der Waals surface area (Å²) in [5.74, 6) is -0.323. The average molecular weight is 484 g/mol. The summed E-state index contributed by atoms with van der Waals surface area (Å²) in [5, 5.41) is 8.63. The van der Waals surface area contributed by atoms with E-state index in [2.05, 4.69) is 10.3 Å². The Bertz CT molecular complexity index is 1450. The van der Waals surface area contributed by atoms with Gasteiger partial charge in [0.1, 0.15) is 5.58 Å². The number of furan rings is 1. The molecular weight excluding hydrogens is 458 g/mol. The highest BCUT2D eigenvalue weighted by molar-refractivity contribution is 6.02. The van der Waals surface area contributed by atoms with E-state index in [1.807, 2.05) is 83.8 Å². The van der Waals surface area contributed by atoms with Crippen LogP contribution in [0.3, 0.4) is 0 Å². The molecule has 0 spiro atoms. The summed E-state index contributed by atoms with van der Waals surface area (Å²) in [6, 6.07) is 25.2. The Kier molecular flexibility index (Phi) is 7.25. The standard InChI is InChI=1S/C28H25N3O5/c1-18(29-35-20(3)32)22-12-14-26(15-13-22)31(25-8-6-5-7-9-25)28-17-24-11-10-23(16-27(24)34-28)19(2)30-36-21(4)33/h5-17H,1-4H3/b29-18-,30-19+. The smallest absolute Gasteiger partial charge is 0.331 e. The molecule has 36 heavy (non-hydrogen) atoms. The van der Waals surface area contributed by atoms with Gasteiger partial charge in [-0.25, -0.2) is 9.59 Å². The van der Waals surface area contributed by atoms with Crippen molar-refractivity contribution in [3.05, 3.63) is 90.0 Å². The summed E-state index contributed by atoms with van der Waals surface area (Å²) in [6.07, 6.45) is 0. The molecule has 0 atom stereocenters. The predicted octanol–water partition coefficient (Wildman–Crippen LogP) is 6.48. The molecule has 0 N–H and O–H groups in total. The third kappa shape index (κ3) is 5.67. The molecule has 0 fully saturated rings. The van der Waals surface area contributed by atoms with Crippen molar-refractivity contribution < 1.29 is 23.7 Å². The Labute approximate surface area is 208 Å². The van der Waals surface area contributed by atoms with Gasteiger partial charge in [0.25, 0.3) is 0 Å². The fourth-order valence-corrected chi connectivity index (χ4v) is 3.56. The van der Waals surface area contributed by atoms with Gasteiger partial charge in [-0.1, -0.05) is 52.8 Å². The number of benzene rings is 3. The van der Waals surface area contributed by atoms with Gasteiger partial charge in [0.05, 0.1) is 11.4 Å². The van der Waals surface area contributed by atoms with Crippen molar-refractivity contribution >= 4 is 51.6 Å². The van der Waals surface area contributed by atoms with E-state index in [0.717, 1.165) is 27.9 Å². The quantitative estimate of drug-likeness (QED) is 0.170. The largest absolute Gasteiger partial charge is 0.440 e. The Morgan fingerprint density at radius 2 is 1.25 bits per heavy atom. The van der Waals surface area contributed by atoms with Crippen LogP contribution in [-0.4, -0.2) is 23.4 Å². The molecule has 0 aliphatic rings. The van der Waals surface area contributed by atoms with E-state index < -0.39 is 11.9 Å². The predicted molar refractivity (Wildman–Crippen MR) is 139 cm³/mol. The highest BCUT2D eigenvalue weighted by Crippen LogP contribution is 2.38. The molecule has 0 aliphatic heterocycles. The minimum Gasteiger partial charge on any atom is -0.440 e. The van der Waals surface area contributed by atoms with Crippen LogP contribution < -0.4 is 4.90 Å². The molecule has 182 valence electrons. The molecule has 0 saturated heterocycles. The van der Waals surface area contributed by atoms with Crippen molar-refractivity contribution in [1.82, 2.24) is 0 Å². The lowest BCUT2D eigenvalue weighted by Crippen LogP contribution is -2.09. The molecule has 0 unspecified atom stereocenters. The number of para-hydroxylation sites is 1. The summed E-state index contributed by atoms with van der Waals surface area (Å²) in [4.78, 5) is 33.6. The minimum absolute atomic E-state index is 0.470. The first kappa shape index (κ1) is 24.4. The van der Waals surface area contributed by atoms with Crippen molar-refractivity contribution in [2.45, 2.75) is 27.7 Å². The second-order valence-corrected chi connectivity index (χ2v) is 8.07. The first-order valence-corrected chi connectivity index (χ1v) is 11.3. The molecule has 1 heterocycles. The van der Waals surface area contributed by atoms with Crippen LogP contribution in [0.15, 0.2) is 93.6 Å². The van der Waals surface area contributed by atoms with E-state index in [0.29, 0.717) is 22.9 Å². The van der Waals surface area contributed by atoms with Gasteiger partial charge >= 0.3 is 11.9 Å². The SMILES string of the molecule is CC(=O)O/N=C(/C)c1ccc(N(c2ccccc2)c2cc3ccc(/C(C)=N/OC(C)=O)cc3o2)cc1. The van der Waals surface area contributed by atoms with Crippen molar-refractivity contribution in [3.8, 4) is 0 Å². The third-order valence-corrected chi connectivity index (χ3v) is 5.33. The van der Waals surface area contributed by atoms with Crippen LogP contribution in [0.25, 0.3) is 11.0 Å². The first-order chi connectivity index (χ1) is 17.3. The summed E-state index contributed by atoms with van der Waals surface area (Å²) in [7, 11) is 0. The molecule has 4 aromatic rings. The van der Waals surface area contributed by atoms with E-state index in [1.54, 1.807) is 13.8 Å². The number of anilines is 3. The molecule has 0 radical (unpaired) electrons. The number of oxime groups is 2. The zero-order valence-electron chi connectivity index (χ0n) is 20.4. The van der Waals surface area contributed by atoms with Crippen molar-refractivity contribution in [2.24, 2.45) is 10.3 Å². The molecular formula is C28H25N3O5. The normalized spacial score (nSPS) is 11.9. The summed E-state index contributed by atoms with van der Waals surface area (Å²) < 4.78 is 6.28. The fraction of sp³-hybridized carbons (Fsp3) is 0.143. The maximum Gasteiger partial charge on any atom is 0.331 e. The van der Waals surface area contributed by atoms with Crippen LogP contribution in [-0.2, 0) is 19.3 Å². The molecule has 0 aliphatic carbocycles. The number of carbonyl (C=O) groups is 2. The summed E-state index contributed by atoms with van der Waals surface area (Å²) in [5.41, 5.74) is 5.21. The van der Waals surface area contributed by atoms with Gasteiger partial charge in [0.15, 0.2) is 0 Å². The molecule has 3 aromatic carbocycles. The number of hydrogen-bond donors (Lipinski definition) is 0. The maximum absolute atomic E-state index is 11.1. The molecule has 8 nitrogen and oxygen atoms in total. The Balaban J connectivity index is 1.72. The van der Waals surface area contributed by atoms with Crippen LogP contribution in [0, 0.1) is 0 Å². The highest BCUT2D eigenvalue weighted by Gasteiger charge is 2.17. The van der Waals surface area contributed by atoms with Crippen LogP contribution >= 0.6 is 0 Å².